The van der Waals surface area contributed by atoms with Gasteiger partial charge in [0.2, 0.25) is 0 Å². The first kappa shape index (κ1) is 10.4. The summed E-state index contributed by atoms with van der Waals surface area (Å²) in [5.41, 5.74) is 0. The van der Waals surface area contributed by atoms with Gasteiger partial charge in [0, 0.05) is 0 Å². The molecule has 0 saturated carbocycles. The Labute approximate surface area is 80.9 Å². The van der Waals surface area contributed by atoms with Crippen LogP contribution < -0.4 is 10.6 Å². The molecule has 1 aliphatic rings. The van der Waals surface area contributed by atoms with E-state index in [2.05, 4.69) is 37.1 Å². The number of thiol groups is 1. The van der Waals surface area contributed by atoms with E-state index < -0.39 is 0 Å². The van der Waals surface area contributed by atoms with Crippen molar-refractivity contribution in [2.75, 3.05) is 19.6 Å². The summed E-state index contributed by atoms with van der Waals surface area (Å²) in [6.45, 7) is 7.66. The summed E-state index contributed by atoms with van der Waals surface area (Å²) in [5.74, 6) is 0.845. The van der Waals surface area contributed by atoms with Crippen LogP contribution in [0.15, 0.2) is 0 Å². The highest BCUT2D eigenvalue weighted by molar-refractivity contribution is 7.81. The largest absolute Gasteiger partial charge is 0.317 e. The number of hydrogen-bond acceptors (Lipinski definition) is 3. The monoisotopic (exact) mass is 188 g/mol. The van der Waals surface area contributed by atoms with E-state index in [9.17, 15) is 0 Å². The zero-order valence-electron chi connectivity index (χ0n) is 8.06. The molecule has 1 rings (SSSR count). The number of hydrogen-bond donors (Lipinski definition) is 3. The van der Waals surface area contributed by atoms with E-state index in [0.29, 0.717) is 0 Å². The molecule has 2 N–H and O–H groups in total. The topological polar surface area (TPSA) is 24.1 Å². The Morgan fingerprint density at radius 1 is 1.42 bits per heavy atom. The van der Waals surface area contributed by atoms with Gasteiger partial charge in [0.15, 0.2) is 0 Å². The van der Waals surface area contributed by atoms with Crippen LogP contribution in [-0.2, 0) is 0 Å². The minimum absolute atomic E-state index is 0.0229. The van der Waals surface area contributed by atoms with Crippen LogP contribution in [0.2, 0.25) is 0 Å². The summed E-state index contributed by atoms with van der Waals surface area (Å²) in [5, 5.41) is 6.79. The zero-order valence-corrected chi connectivity index (χ0v) is 8.95. The minimum Gasteiger partial charge on any atom is -0.317 e. The molecule has 0 aliphatic carbocycles. The molecule has 1 fully saturated rings. The fourth-order valence-electron chi connectivity index (χ4n) is 1.48. The molecule has 0 aromatic rings. The lowest BCUT2D eigenvalue weighted by Gasteiger charge is -2.27. The van der Waals surface area contributed by atoms with Gasteiger partial charge in [-0.1, -0.05) is 0 Å². The lowest BCUT2D eigenvalue weighted by atomic mass is 9.98. The van der Waals surface area contributed by atoms with Crippen molar-refractivity contribution in [3.63, 3.8) is 0 Å². The summed E-state index contributed by atoms with van der Waals surface area (Å²) in [6.07, 6.45) is 2.60. The molecule has 0 aromatic carbocycles. The van der Waals surface area contributed by atoms with Crippen LogP contribution in [0, 0.1) is 5.92 Å². The average Bonchev–Trinajstić information content (AvgIpc) is 2.02. The van der Waals surface area contributed by atoms with Gasteiger partial charge in [-0.25, -0.2) is 0 Å². The number of nitrogens with one attached hydrogen (secondary N) is 2. The molecular formula is C9H20N2S. The Bertz CT molecular complexity index is 125. The first-order valence-corrected chi connectivity index (χ1v) is 5.21. The Hall–Kier alpha value is 0.270. The molecule has 1 heterocycles. The molecule has 12 heavy (non-hydrogen) atoms. The Morgan fingerprint density at radius 2 is 2.00 bits per heavy atom. The molecular weight excluding hydrogens is 168 g/mol. The first-order chi connectivity index (χ1) is 5.58. The molecule has 1 saturated heterocycles. The zero-order chi connectivity index (χ0) is 9.03. The third-order valence-electron chi connectivity index (χ3n) is 2.28. The van der Waals surface area contributed by atoms with Gasteiger partial charge in [-0.3, -0.25) is 0 Å². The molecule has 0 amide bonds. The van der Waals surface area contributed by atoms with Crippen molar-refractivity contribution in [3.05, 3.63) is 0 Å². The predicted octanol–water partition coefficient (Wildman–Crippen LogP) is 1.24. The van der Waals surface area contributed by atoms with E-state index >= 15 is 0 Å². The normalized spacial score (nSPS) is 21.2. The van der Waals surface area contributed by atoms with Gasteiger partial charge in [-0.05, 0) is 52.2 Å². The molecule has 3 heteroatoms. The van der Waals surface area contributed by atoms with Crippen molar-refractivity contribution in [3.8, 4) is 0 Å². The average molecular weight is 188 g/mol. The molecule has 0 atom stereocenters. The standard InChI is InChI=1S/C9H20N2S/c1-9(2,12)11-7-8-3-5-10-6-4-8/h8,10-12H,3-7H2,1-2H3. The lowest BCUT2D eigenvalue weighted by molar-refractivity contribution is 0.341. The minimum atomic E-state index is -0.0229. The van der Waals surface area contributed by atoms with Gasteiger partial charge < -0.3 is 10.6 Å². The van der Waals surface area contributed by atoms with Crippen molar-refractivity contribution >= 4 is 12.6 Å². The van der Waals surface area contributed by atoms with Crippen molar-refractivity contribution < 1.29 is 0 Å². The quantitative estimate of drug-likeness (QED) is 0.458. The van der Waals surface area contributed by atoms with E-state index in [-0.39, 0.29) is 4.87 Å². The molecule has 1 aliphatic heterocycles. The Morgan fingerprint density at radius 3 is 2.50 bits per heavy atom. The summed E-state index contributed by atoms with van der Waals surface area (Å²) >= 11 is 4.43. The van der Waals surface area contributed by atoms with E-state index in [0.717, 1.165) is 12.5 Å². The Kier molecular flexibility index (Phi) is 3.87. The third-order valence-corrected chi connectivity index (χ3v) is 2.44. The predicted molar refractivity (Wildman–Crippen MR) is 56.7 cm³/mol. The molecule has 0 radical (unpaired) electrons. The van der Waals surface area contributed by atoms with Gasteiger partial charge in [0.05, 0.1) is 4.87 Å². The summed E-state index contributed by atoms with van der Waals surface area (Å²) in [6, 6.07) is 0. The molecule has 0 spiro atoms. The highest BCUT2D eigenvalue weighted by Crippen LogP contribution is 2.13. The third kappa shape index (κ3) is 4.33. The second-order valence-corrected chi connectivity index (χ2v) is 5.25. The smallest absolute Gasteiger partial charge is 0.0558 e. The van der Waals surface area contributed by atoms with Gasteiger partial charge in [-0.15, -0.1) is 0 Å². The van der Waals surface area contributed by atoms with Crippen LogP contribution >= 0.6 is 12.6 Å². The molecule has 2 nitrogen and oxygen atoms in total. The van der Waals surface area contributed by atoms with Crippen LogP contribution in [0.3, 0.4) is 0 Å². The Balaban J connectivity index is 2.13. The first-order valence-electron chi connectivity index (χ1n) is 4.76. The van der Waals surface area contributed by atoms with Crippen molar-refractivity contribution in [2.45, 2.75) is 31.6 Å². The number of piperidine rings is 1. The summed E-state index contributed by atoms with van der Waals surface area (Å²) in [7, 11) is 0. The highest BCUT2D eigenvalue weighted by atomic mass is 32.1. The van der Waals surface area contributed by atoms with Gasteiger partial charge in [0.1, 0.15) is 0 Å². The molecule has 0 bridgehead atoms. The van der Waals surface area contributed by atoms with Crippen LogP contribution in [0.25, 0.3) is 0 Å². The van der Waals surface area contributed by atoms with Crippen LogP contribution in [0.5, 0.6) is 0 Å². The maximum atomic E-state index is 4.43. The fraction of sp³-hybridized carbons (Fsp3) is 1.00. The maximum absolute atomic E-state index is 4.43. The van der Waals surface area contributed by atoms with Crippen LogP contribution in [0.1, 0.15) is 26.7 Å². The fourth-order valence-corrected chi connectivity index (χ4v) is 1.57. The highest BCUT2D eigenvalue weighted by Gasteiger charge is 2.16. The SMILES string of the molecule is CC(C)(S)NCC1CCNCC1. The second-order valence-electron chi connectivity index (χ2n) is 4.13. The van der Waals surface area contributed by atoms with E-state index in [4.69, 9.17) is 0 Å². The molecule has 0 unspecified atom stereocenters. The summed E-state index contributed by atoms with van der Waals surface area (Å²) < 4.78 is 0. The number of rotatable bonds is 3. The molecule has 0 aromatic heterocycles. The molecule has 72 valence electrons. The van der Waals surface area contributed by atoms with E-state index in [1.807, 2.05) is 0 Å². The van der Waals surface area contributed by atoms with Gasteiger partial charge in [0.25, 0.3) is 0 Å². The lowest BCUT2D eigenvalue weighted by Crippen LogP contribution is -2.40. The van der Waals surface area contributed by atoms with Crippen molar-refractivity contribution in [2.24, 2.45) is 5.92 Å². The van der Waals surface area contributed by atoms with Crippen molar-refractivity contribution in [1.82, 2.24) is 10.6 Å². The van der Waals surface area contributed by atoms with Gasteiger partial charge >= 0.3 is 0 Å². The van der Waals surface area contributed by atoms with E-state index in [1.165, 1.54) is 25.9 Å². The van der Waals surface area contributed by atoms with E-state index in [1.54, 1.807) is 0 Å². The second kappa shape index (κ2) is 4.49. The van der Waals surface area contributed by atoms with Crippen LogP contribution in [0.4, 0.5) is 0 Å². The van der Waals surface area contributed by atoms with Crippen molar-refractivity contribution in [1.29, 1.82) is 0 Å². The van der Waals surface area contributed by atoms with Crippen LogP contribution in [-0.4, -0.2) is 24.5 Å². The summed E-state index contributed by atoms with van der Waals surface area (Å²) in [4.78, 5) is -0.0229. The maximum Gasteiger partial charge on any atom is 0.0558 e. The van der Waals surface area contributed by atoms with Gasteiger partial charge in [-0.2, -0.15) is 12.6 Å².